The molecule has 27 heavy (non-hydrogen) atoms. The molecule has 0 aliphatic heterocycles. The zero-order valence-electron chi connectivity index (χ0n) is 15.1. The highest BCUT2D eigenvalue weighted by atomic mass is 19.1. The van der Waals surface area contributed by atoms with Gasteiger partial charge in [-0.3, -0.25) is 4.79 Å². The molecule has 0 N–H and O–H groups in total. The Labute approximate surface area is 158 Å². The van der Waals surface area contributed by atoms with E-state index in [1.165, 1.54) is 18.2 Å². The number of nitrogens with zero attached hydrogens (tertiary/aromatic N) is 1. The Hall–Kier alpha value is -3.01. The second-order valence-electron chi connectivity index (χ2n) is 6.46. The summed E-state index contributed by atoms with van der Waals surface area (Å²) in [5, 5.41) is 0. The van der Waals surface area contributed by atoms with E-state index in [4.69, 9.17) is 0 Å². The van der Waals surface area contributed by atoms with Gasteiger partial charge in [0.15, 0.2) is 0 Å². The number of hydrogen-bond donors (Lipinski definition) is 0. The van der Waals surface area contributed by atoms with Crippen LogP contribution in [0.15, 0.2) is 78.9 Å². The highest BCUT2D eigenvalue weighted by Gasteiger charge is 2.23. The van der Waals surface area contributed by atoms with Gasteiger partial charge in [-0.2, -0.15) is 0 Å². The number of hydrogen-bond acceptors (Lipinski definition) is 1. The van der Waals surface area contributed by atoms with Gasteiger partial charge in [0.25, 0.3) is 0 Å². The maximum absolute atomic E-state index is 13.8. The first-order chi connectivity index (χ1) is 13.1. The van der Waals surface area contributed by atoms with E-state index < -0.39 is 0 Å². The van der Waals surface area contributed by atoms with Gasteiger partial charge < -0.3 is 4.90 Å². The van der Waals surface area contributed by atoms with Crippen molar-refractivity contribution in [1.82, 2.24) is 4.90 Å². The van der Waals surface area contributed by atoms with Gasteiger partial charge in [0.2, 0.25) is 5.91 Å². The number of amides is 1. The van der Waals surface area contributed by atoms with Crippen LogP contribution in [0.25, 0.3) is 0 Å². The van der Waals surface area contributed by atoms with Gasteiger partial charge in [-0.15, -0.1) is 0 Å². The summed E-state index contributed by atoms with van der Waals surface area (Å²) < 4.78 is 27.1. The number of carbonyl (C=O) groups excluding carboxylic acids is 1. The minimum absolute atomic E-state index is 0.101. The van der Waals surface area contributed by atoms with E-state index in [2.05, 4.69) is 0 Å². The predicted molar refractivity (Wildman–Crippen MR) is 102 cm³/mol. The minimum atomic E-state index is -0.333. The van der Waals surface area contributed by atoms with Crippen molar-refractivity contribution in [1.29, 1.82) is 0 Å². The third-order valence-electron chi connectivity index (χ3n) is 4.65. The molecule has 1 atom stereocenters. The average molecular weight is 365 g/mol. The Morgan fingerprint density at radius 3 is 2.11 bits per heavy atom. The van der Waals surface area contributed by atoms with Crippen LogP contribution in [0.3, 0.4) is 0 Å². The molecule has 0 saturated heterocycles. The summed E-state index contributed by atoms with van der Waals surface area (Å²) in [7, 11) is 1.73. The minimum Gasteiger partial charge on any atom is -0.335 e. The van der Waals surface area contributed by atoms with Crippen LogP contribution in [-0.4, -0.2) is 17.9 Å². The Bertz CT molecular complexity index is 894. The summed E-state index contributed by atoms with van der Waals surface area (Å²) in [5.74, 6) is -0.721. The average Bonchev–Trinajstić information content (AvgIpc) is 2.69. The molecule has 138 valence electrons. The summed E-state index contributed by atoms with van der Waals surface area (Å²) in [4.78, 5) is 14.5. The van der Waals surface area contributed by atoms with Crippen molar-refractivity contribution in [3.8, 4) is 0 Å². The van der Waals surface area contributed by atoms with E-state index in [-0.39, 0.29) is 30.0 Å². The zero-order valence-corrected chi connectivity index (χ0v) is 15.1. The summed E-state index contributed by atoms with van der Waals surface area (Å²) in [5.41, 5.74) is 2.28. The molecule has 4 heteroatoms. The standard InChI is InChI=1S/C23H21F2NO/c1-26(22(27)16-13-17-7-5-6-10-21(17)25)23(18-8-3-2-4-9-18)19-11-14-20(24)15-12-19/h2-12,14-15,23H,13,16H2,1H3. The topological polar surface area (TPSA) is 20.3 Å². The molecule has 0 heterocycles. The van der Waals surface area contributed by atoms with Gasteiger partial charge in [0, 0.05) is 13.5 Å². The lowest BCUT2D eigenvalue weighted by Gasteiger charge is -2.29. The van der Waals surface area contributed by atoms with Gasteiger partial charge in [-0.1, -0.05) is 60.7 Å². The van der Waals surface area contributed by atoms with Crippen molar-refractivity contribution in [2.45, 2.75) is 18.9 Å². The first kappa shape index (κ1) is 18.8. The highest BCUT2D eigenvalue weighted by molar-refractivity contribution is 5.77. The molecule has 3 aromatic rings. The highest BCUT2D eigenvalue weighted by Crippen LogP contribution is 2.28. The molecule has 3 rings (SSSR count). The van der Waals surface area contributed by atoms with Crippen LogP contribution >= 0.6 is 0 Å². The summed E-state index contributed by atoms with van der Waals surface area (Å²) in [6.45, 7) is 0. The van der Waals surface area contributed by atoms with Crippen LogP contribution < -0.4 is 0 Å². The van der Waals surface area contributed by atoms with Gasteiger partial charge in [0.1, 0.15) is 11.6 Å². The quantitative estimate of drug-likeness (QED) is 0.592. The summed E-state index contributed by atoms with van der Waals surface area (Å²) in [6, 6.07) is 21.9. The van der Waals surface area contributed by atoms with E-state index in [0.29, 0.717) is 12.0 Å². The van der Waals surface area contributed by atoms with Crippen LogP contribution in [0.2, 0.25) is 0 Å². The molecule has 1 unspecified atom stereocenters. The molecule has 0 saturated carbocycles. The number of aryl methyl sites for hydroxylation is 1. The number of carbonyl (C=O) groups is 1. The third kappa shape index (κ3) is 4.59. The second-order valence-corrected chi connectivity index (χ2v) is 6.46. The predicted octanol–water partition coefficient (Wildman–Crippen LogP) is 5.15. The first-order valence-electron chi connectivity index (χ1n) is 8.85. The fourth-order valence-electron chi connectivity index (χ4n) is 3.18. The Morgan fingerprint density at radius 2 is 1.44 bits per heavy atom. The molecule has 0 aliphatic carbocycles. The molecule has 3 aromatic carbocycles. The van der Waals surface area contributed by atoms with E-state index in [1.807, 2.05) is 30.3 Å². The summed E-state index contributed by atoms with van der Waals surface area (Å²) >= 11 is 0. The van der Waals surface area contributed by atoms with Crippen LogP contribution in [-0.2, 0) is 11.2 Å². The largest absolute Gasteiger partial charge is 0.335 e. The van der Waals surface area contributed by atoms with Crippen molar-refractivity contribution in [2.24, 2.45) is 0 Å². The number of benzene rings is 3. The van der Waals surface area contributed by atoms with E-state index in [1.54, 1.807) is 42.3 Å². The van der Waals surface area contributed by atoms with Crippen LogP contribution in [0, 0.1) is 11.6 Å². The van der Waals surface area contributed by atoms with Crippen LogP contribution in [0.5, 0.6) is 0 Å². The molecular weight excluding hydrogens is 344 g/mol. The molecule has 0 fully saturated rings. The van der Waals surface area contributed by atoms with Crippen molar-refractivity contribution < 1.29 is 13.6 Å². The van der Waals surface area contributed by atoms with E-state index >= 15 is 0 Å². The first-order valence-corrected chi connectivity index (χ1v) is 8.85. The van der Waals surface area contributed by atoms with Gasteiger partial charge in [-0.05, 0) is 41.3 Å². The van der Waals surface area contributed by atoms with Gasteiger partial charge in [-0.25, -0.2) is 8.78 Å². The Morgan fingerprint density at radius 1 is 0.852 bits per heavy atom. The lowest BCUT2D eigenvalue weighted by atomic mass is 9.96. The Balaban J connectivity index is 1.82. The molecule has 1 amide bonds. The Kier molecular flexibility index (Phi) is 5.97. The number of halogens is 2. The normalized spacial score (nSPS) is 11.8. The zero-order chi connectivity index (χ0) is 19.2. The van der Waals surface area contributed by atoms with Crippen molar-refractivity contribution >= 4 is 5.91 Å². The van der Waals surface area contributed by atoms with Gasteiger partial charge >= 0.3 is 0 Å². The van der Waals surface area contributed by atoms with Crippen molar-refractivity contribution in [3.05, 3.63) is 107 Å². The SMILES string of the molecule is CN(C(=O)CCc1ccccc1F)C(c1ccccc1)c1ccc(F)cc1. The maximum Gasteiger partial charge on any atom is 0.223 e. The second kappa shape index (κ2) is 8.58. The fraction of sp³-hybridized carbons (Fsp3) is 0.174. The monoisotopic (exact) mass is 365 g/mol. The fourth-order valence-corrected chi connectivity index (χ4v) is 3.18. The lowest BCUT2D eigenvalue weighted by Crippen LogP contribution is -2.32. The van der Waals surface area contributed by atoms with Crippen LogP contribution in [0.4, 0.5) is 8.78 Å². The van der Waals surface area contributed by atoms with Crippen LogP contribution in [0.1, 0.15) is 29.2 Å². The molecule has 2 nitrogen and oxygen atoms in total. The maximum atomic E-state index is 13.8. The summed E-state index contributed by atoms with van der Waals surface area (Å²) in [6.07, 6.45) is 0.530. The molecule has 0 radical (unpaired) electrons. The third-order valence-corrected chi connectivity index (χ3v) is 4.65. The van der Waals surface area contributed by atoms with E-state index in [0.717, 1.165) is 11.1 Å². The number of rotatable bonds is 6. The smallest absolute Gasteiger partial charge is 0.223 e. The molecule has 0 bridgehead atoms. The molecular formula is C23H21F2NO. The van der Waals surface area contributed by atoms with Crippen molar-refractivity contribution in [2.75, 3.05) is 7.05 Å². The van der Waals surface area contributed by atoms with Crippen molar-refractivity contribution in [3.63, 3.8) is 0 Å². The molecule has 0 aliphatic rings. The van der Waals surface area contributed by atoms with E-state index in [9.17, 15) is 13.6 Å². The molecule has 0 aromatic heterocycles. The van der Waals surface area contributed by atoms with Gasteiger partial charge in [0.05, 0.1) is 6.04 Å². The lowest BCUT2D eigenvalue weighted by molar-refractivity contribution is -0.131. The molecule has 0 spiro atoms.